The molecule has 0 radical (unpaired) electrons. The zero-order valence-electron chi connectivity index (χ0n) is 24.0. The lowest BCUT2D eigenvalue weighted by Crippen LogP contribution is -2.16. The molecule has 0 unspecified atom stereocenters. The van der Waals surface area contributed by atoms with E-state index in [0.29, 0.717) is 52.2 Å². The molecule has 4 heterocycles. The number of carbonyl (C=O) groups excluding carboxylic acids is 4. The summed E-state index contributed by atoms with van der Waals surface area (Å²) in [7, 11) is 0. The molecule has 4 aromatic heterocycles. The van der Waals surface area contributed by atoms with Crippen molar-refractivity contribution in [1.29, 1.82) is 0 Å². The summed E-state index contributed by atoms with van der Waals surface area (Å²) in [4.78, 5) is 64.3. The van der Waals surface area contributed by atoms with Crippen LogP contribution in [0, 0.1) is 6.92 Å². The first-order valence-electron chi connectivity index (χ1n) is 13.8. The van der Waals surface area contributed by atoms with Crippen molar-refractivity contribution in [3.63, 3.8) is 0 Å². The molecule has 0 atom stereocenters. The van der Waals surface area contributed by atoms with Crippen LogP contribution in [0.2, 0.25) is 0 Å². The summed E-state index contributed by atoms with van der Waals surface area (Å²) in [6.45, 7) is 2.44. The first-order valence-corrected chi connectivity index (χ1v) is 13.8. The van der Waals surface area contributed by atoms with Crippen molar-refractivity contribution in [2.75, 3.05) is 10.6 Å². The molecule has 0 saturated heterocycles. The number of H-pyrrole nitrogens is 2. The van der Waals surface area contributed by atoms with E-state index in [-0.39, 0.29) is 23.7 Å². The Hall–Kier alpha value is -6.44. The first kappa shape index (κ1) is 28.7. The molecule has 14 heteroatoms. The minimum absolute atomic E-state index is 0.276. The van der Waals surface area contributed by atoms with E-state index >= 15 is 0 Å². The number of fused-ring (bicyclic) bond motifs is 2. The summed E-state index contributed by atoms with van der Waals surface area (Å²) in [6.07, 6.45) is 7.05. The highest BCUT2D eigenvalue weighted by Gasteiger charge is 2.19. The Kier molecular flexibility index (Phi) is 7.44. The minimum Gasteiger partial charge on any atom is -0.366 e. The maximum absolute atomic E-state index is 12.9. The van der Waals surface area contributed by atoms with Gasteiger partial charge in [-0.1, -0.05) is 12.2 Å². The Morgan fingerprint density at radius 2 is 1.31 bits per heavy atom. The molecule has 0 bridgehead atoms. The molecule has 0 aliphatic rings. The lowest BCUT2D eigenvalue weighted by atomic mass is 10.1. The smallest absolute Gasteiger partial charge is 0.274 e. The standard InChI is InChI=1S/C31H28N10O4/c1-17-14-19(27(33)43)16-23-25(17)41(31(37-23)39-29(45)21-7-5-11-35-21)13-3-2-12-40-24-9-8-18(26(32)42)15-22(24)36-30(40)38-28(44)20-6-4-10-34-20/h2-11,14-16,34-35H,12-13H2,1H3,(H2,32,42)(H2,33,43)(H,36,38,44)(H,37,39,45)/b3-2+. The molecule has 2 aromatic carbocycles. The van der Waals surface area contributed by atoms with Crippen LogP contribution in [0.3, 0.4) is 0 Å². The van der Waals surface area contributed by atoms with Crippen LogP contribution in [-0.4, -0.2) is 52.7 Å². The second-order valence-electron chi connectivity index (χ2n) is 10.2. The van der Waals surface area contributed by atoms with Gasteiger partial charge in [0.05, 0.1) is 22.1 Å². The number of rotatable bonds is 10. The third-order valence-corrected chi connectivity index (χ3v) is 7.23. The van der Waals surface area contributed by atoms with Gasteiger partial charge in [-0.3, -0.25) is 29.8 Å². The zero-order valence-corrected chi connectivity index (χ0v) is 24.0. The fourth-order valence-corrected chi connectivity index (χ4v) is 5.10. The van der Waals surface area contributed by atoms with Gasteiger partial charge in [-0.15, -0.1) is 0 Å². The van der Waals surface area contributed by atoms with Gasteiger partial charge in [0.1, 0.15) is 11.4 Å². The van der Waals surface area contributed by atoms with Crippen LogP contribution in [0.4, 0.5) is 11.9 Å². The number of benzene rings is 2. The molecule has 226 valence electrons. The van der Waals surface area contributed by atoms with E-state index in [2.05, 4.69) is 30.6 Å². The van der Waals surface area contributed by atoms with Crippen molar-refractivity contribution in [1.82, 2.24) is 29.1 Å². The number of aromatic amines is 2. The maximum atomic E-state index is 12.9. The molecule has 45 heavy (non-hydrogen) atoms. The number of imidazole rings is 2. The molecule has 0 aliphatic carbocycles. The fraction of sp³-hybridized carbons (Fsp3) is 0.0968. The molecule has 0 fully saturated rings. The van der Waals surface area contributed by atoms with E-state index < -0.39 is 11.8 Å². The Balaban J connectivity index is 1.32. The number of amides is 4. The van der Waals surface area contributed by atoms with Gasteiger partial charge in [0.2, 0.25) is 23.7 Å². The van der Waals surface area contributed by atoms with Gasteiger partial charge in [-0.25, -0.2) is 9.97 Å². The predicted molar refractivity (Wildman–Crippen MR) is 168 cm³/mol. The number of nitrogens with two attached hydrogens (primary N) is 2. The van der Waals surface area contributed by atoms with Gasteiger partial charge < -0.3 is 30.6 Å². The van der Waals surface area contributed by atoms with E-state index in [0.717, 1.165) is 11.1 Å². The summed E-state index contributed by atoms with van der Waals surface area (Å²) >= 11 is 0. The number of nitrogens with one attached hydrogen (secondary N) is 4. The summed E-state index contributed by atoms with van der Waals surface area (Å²) < 4.78 is 3.62. The van der Waals surface area contributed by atoms with Crippen LogP contribution >= 0.6 is 0 Å². The molecule has 0 spiro atoms. The first-order chi connectivity index (χ1) is 21.7. The number of anilines is 2. The normalized spacial score (nSPS) is 11.4. The Morgan fingerprint density at radius 1 is 0.756 bits per heavy atom. The van der Waals surface area contributed by atoms with Gasteiger partial charge in [-0.2, -0.15) is 0 Å². The quantitative estimate of drug-likeness (QED) is 0.129. The van der Waals surface area contributed by atoms with Crippen LogP contribution in [-0.2, 0) is 13.1 Å². The van der Waals surface area contributed by atoms with E-state index in [1.807, 2.05) is 23.6 Å². The van der Waals surface area contributed by atoms with E-state index in [1.54, 1.807) is 71.6 Å². The third kappa shape index (κ3) is 5.67. The van der Waals surface area contributed by atoms with Crippen LogP contribution in [0.15, 0.2) is 79.1 Å². The van der Waals surface area contributed by atoms with Crippen LogP contribution in [0.5, 0.6) is 0 Å². The summed E-state index contributed by atoms with van der Waals surface area (Å²) in [5.41, 5.74) is 15.4. The summed E-state index contributed by atoms with van der Waals surface area (Å²) in [5.74, 6) is -1.37. The molecule has 14 nitrogen and oxygen atoms in total. The van der Waals surface area contributed by atoms with E-state index in [9.17, 15) is 19.2 Å². The topological polar surface area (TPSA) is 212 Å². The average Bonchev–Trinajstić information content (AvgIpc) is 3.82. The number of hydrogen-bond donors (Lipinski definition) is 6. The predicted octanol–water partition coefficient (Wildman–Crippen LogP) is 3.31. The minimum atomic E-state index is -0.590. The molecule has 6 rings (SSSR count). The molecule has 8 N–H and O–H groups in total. The van der Waals surface area contributed by atoms with Gasteiger partial charge >= 0.3 is 0 Å². The average molecular weight is 605 g/mol. The highest BCUT2D eigenvalue weighted by Crippen LogP contribution is 2.26. The molecule has 0 aliphatic heterocycles. The monoisotopic (exact) mass is 604 g/mol. The van der Waals surface area contributed by atoms with Gasteiger partial charge in [-0.05, 0) is 67.1 Å². The van der Waals surface area contributed by atoms with Crippen molar-refractivity contribution in [3.05, 3.63) is 107 Å². The van der Waals surface area contributed by atoms with Crippen LogP contribution < -0.4 is 22.1 Å². The van der Waals surface area contributed by atoms with Crippen molar-refractivity contribution in [2.24, 2.45) is 11.5 Å². The lowest BCUT2D eigenvalue weighted by molar-refractivity contribution is 0.0992. The molecule has 4 amide bonds. The highest BCUT2D eigenvalue weighted by atomic mass is 16.2. The van der Waals surface area contributed by atoms with E-state index in [4.69, 9.17) is 11.5 Å². The van der Waals surface area contributed by atoms with Crippen molar-refractivity contribution in [3.8, 4) is 0 Å². The van der Waals surface area contributed by atoms with Crippen molar-refractivity contribution < 1.29 is 19.2 Å². The van der Waals surface area contributed by atoms with Gasteiger partial charge in [0.15, 0.2) is 0 Å². The summed E-state index contributed by atoms with van der Waals surface area (Å²) in [5, 5.41) is 5.67. The Morgan fingerprint density at radius 3 is 1.89 bits per heavy atom. The molecular formula is C31H28N10O4. The Labute approximate surface area is 255 Å². The third-order valence-electron chi connectivity index (χ3n) is 7.23. The number of nitrogens with zero attached hydrogens (tertiary/aromatic N) is 4. The second-order valence-corrected chi connectivity index (χ2v) is 10.2. The fourth-order valence-electron chi connectivity index (χ4n) is 5.10. The molecular weight excluding hydrogens is 576 g/mol. The molecule has 6 aromatic rings. The number of primary amides is 2. The van der Waals surface area contributed by atoms with Crippen molar-refractivity contribution in [2.45, 2.75) is 20.0 Å². The largest absolute Gasteiger partial charge is 0.366 e. The lowest BCUT2D eigenvalue weighted by Gasteiger charge is -2.10. The van der Waals surface area contributed by atoms with Gasteiger partial charge in [0, 0.05) is 36.6 Å². The Bertz CT molecular complexity index is 2120. The van der Waals surface area contributed by atoms with E-state index in [1.165, 1.54) is 0 Å². The number of allylic oxidation sites excluding steroid dienone is 2. The van der Waals surface area contributed by atoms with Crippen molar-refractivity contribution >= 4 is 57.6 Å². The van der Waals surface area contributed by atoms with Crippen LogP contribution in [0.1, 0.15) is 47.3 Å². The van der Waals surface area contributed by atoms with Gasteiger partial charge in [0.25, 0.3) is 11.8 Å². The number of aromatic nitrogens is 6. The zero-order chi connectivity index (χ0) is 31.7. The van der Waals surface area contributed by atoms with Crippen LogP contribution in [0.25, 0.3) is 22.1 Å². The SMILES string of the molecule is Cc1cc(C(N)=O)cc2nc(NC(=O)c3ccc[nH]3)n(C/C=C/Cn3c(NC(=O)c4ccc[nH]4)nc4cc(C(N)=O)ccc43)c12. The summed E-state index contributed by atoms with van der Waals surface area (Å²) in [6, 6.07) is 14.9. The maximum Gasteiger partial charge on any atom is 0.274 e. The molecule has 0 saturated carbocycles. The highest BCUT2D eigenvalue weighted by molar-refractivity contribution is 6.04. The second kappa shape index (κ2) is 11.7. The number of carbonyl (C=O) groups is 4. The number of aryl methyl sites for hydroxylation is 1. The number of hydrogen-bond acceptors (Lipinski definition) is 6.